The molecule has 0 unspecified atom stereocenters. The summed E-state index contributed by atoms with van der Waals surface area (Å²) in [5.74, 6) is 1.08. The van der Waals surface area contributed by atoms with Crippen LogP contribution < -0.4 is 0 Å². The summed E-state index contributed by atoms with van der Waals surface area (Å²) in [6.07, 6.45) is 14.7. The molecule has 0 saturated carbocycles. The van der Waals surface area contributed by atoms with E-state index in [1.54, 1.807) is 0 Å². The monoisotopic (exact) mass is 376 g/mol. The third kappa shape index (κ3) is 23.9. The van der Waals surface area contributed by atoms with E-state index < -0.39 is 0 Å². The number of ketones is 1. The summed E-state index contributed by atoms with van der Waals surface area (Å²) in [7, 11) is 0. The van der Waals surface area contributed by atoms with Gasteiger partial charge in [-0.3, -0.25) is 4.79 Å². The zero-order chi connectivity index (χ0) is 18.4. The quantitative estimate of drug-likeness (QED) is 0.230. The highest BCUT2D eigenvalue weighted by atomic mass is 32.1. The van der Waals surface area contributed by atoms with Crippen LogP contribution in [0.3, 0.4) is 0 Å². The standard InChI is InChI=1S/C20H40O4S/c1-20(21)19-24-17-16-23-15-14-22-13-11-9-7-5-3-2-4-6-8-10-12-18-25/h25H,2-19H2,1H3. The summed E-state index contributed by atoms with van der Waals surface area (Å²) in [6.45, 7) is 4.74. The number of ether oxygens (including phenoxy) is 3. The van der Waals surface area contributed by atoms with Gasteiger partial charge in [0.15, 0.2) is 5.78 Å². The van der Waals surface area contributed by atoms with Crippen molar-refractivity contribution in [1.82, 2.24) is 0 Å². The molecule has 0 aliphatic carbocycles. The van der Waals surface area contributed by atoms with Crippen molar-refractivity contribution in [3.63, 3.8) is 0 Å². The molecule has 0 spiro atoms. The van der Waals surface area contributed by atoms with Crippen molar-refractivity contribution in [3.8, 4) is 0 Å². The van der Waals surface area contributed by atoms with Gasteiger partial charge in [0.2, 0.25) is 0 Å². The Hall–Kier alpha value is -0.100. The fraction of sp³-hybridized carbons (Fsp3) is 0.950. The molecule has 0 rings (SSSR count). The molecule has 150 valence electrons. The van der Waals surface area contributed by atoms with Crippen LogP contribution in [0.15, 0.2) is 0 Å². The number of rotatable bonds is 21. The fourth-order valence-corrected chi connectivity index (χ4v) is 2.79. The molecule has 5 heteroatoms. The Morgan fingerprint density at radius 2 is 1.00 bits per heavy atom. The van der Waals surface area contributed by atoms with E-state index in [2.05, 4.69) is 12.6 Å². The van der Waals surface area contributed by atoms with Crippen molar-refractivity contribution < 1.29 is 19.0 Å². The van der Waals surface area contributed by atoms with E-state index in [9.17, 15) is 4.79 Å². The molecule has 0 aromatic rings. The molecular weight excluding hydrogens is 336 g/mol. The van der Waals surface area contributed by atoms with Gasteiger partial charge in [0.1, 0.15) is 6.61 Å². The Morgan fingerprint density at radius 3 is 1.48 bits per heavy atom. The first-order valence-corrected chi connectivity index (χ1v) is 10.7. The lowest BCUT2D eigenvalue weighted by atomic mass is 10.1. The lowest BCUT2D eigenvalue weighted by Gasteiger charge is -2.06. The third-order valence-electron chi connectivity index (χ3n) is 4.00. The van der Waals surface area contributed by atoms with Gasteiger partial charge in [-0.25, -0.2) is 0 Å². The molecule has 0 N–H and O–H groups in total. The lowest BCUT2D eigenvalue weighted by Crippen LogP contribution is -2.12. The summed E-state index contributed by atoms with van der Waals surface area (Å²) in [5, 5.41) is 0. The number of Topliss-reactive ketones (excluding diaryl/α,β-unsaturated/α-hetero) is 1. The van der Waals surface area contributed by atoms with Crippen LogP contribution in [0.25, 0.3) is 0 Å². The summed E-state index contributed by atoms with van der Waals surface area (Å²) >= 11 is 4.24. The van der Waals surface area contributed by atoms with Gasteiger partial charge in [-0.1, -0.05) is 57.8 Å². The molecule has 4 nitrogen and oxygen atoms in total. The maximum Gasteiger partial charge on any atom is 0.155 e. The van der Waals surface area contributed by atoms with Crippen molar-refractivity contribution in [2.75, 3.05) is 45.4 Å². The Kier molecular flexibility index (Phi) is 21.9. The van der Waals surface area contributed by atoms with Gasteiger partial charge < -0.3 is 14.2 Å². The average molecular weight is 377 g/mol. The van der Waals surface area contributed by atoms with Crippen molar-refractivity contribution in [1.29, 1.82) is 0 Å². The van der Waals surface area contributed by atoms with Crippen molar-refractivity contribution >= 4 is 18.4 Å². The van der Waals surface area contributed by atoms with Gasteiger partial charge in [0.05, 0.1) is 26.4 Å². The Bertz CT molecular complexity index is 274. The van der Waals surface area contributed by atoms with Gasteiger partial charge >= 0.3 is 0 Å². The molecule has 0 fully saturated rings. The van der Waals surface area contributed by atoms with E-state index in [0.29, 0.717) is 26.4 Å². The van der Waals surface area contributed by atoms with Crippen LogP contribution in [0.1, 0.15) is 77.6 Å². The minimum atomic E-state index is 0.0447. The Morgan fingerprint density at radius 1 is 0.600 bits per heavy atom. The minimum Gasteiger partial charge on any atom is -0.379 e. The molecule has 0 bridgehead atoms. The molecule has 0 aromatic heterocycles. The molecule has 0 heterocycles. The zero-order valence-corrected chi connectivity index (χ0v) is 17.2. The van der Waals surface area contributed by atoms with Crippen molar-refractivity contribution in [2.24, 2.45) is 0 Å². The number of carbonyl (C=O) groups excluding carboxylic acids is 1. The van der Waals surface area contributed by atoms with Gasteiger partial charge in [0.25, 0.3) is 0 Å². The van der Waals surface area contributed by atoms with Crippen LogP contribution in [-0.2, 0) is 19.0 Å². The first kappa shape index (κ1) is 24.9. The van der Waals surface area contributed by atoms with E-state index in [1.165, 1.54) is 71.1 Å². The molecular formula is C20H40O4S. The number of hydrogen-bond acceptors (Lipinski definition) is 5. The average Bonchev–Trinajstić information content (AvgIpc) is 2.60. The highest BCUT2D eigenvalue weighted by Gasteiger charge is 1.95. The second-order valence-electron chi connectivity index (χ2n) is 6.59. The molecule has 0 amide bonds. The van der Waals surface area contributed by atoms with Crippen LogP contribution in [0, 0.1) is 0 Å². The second kappa shape index (κ2) is 21.9. The van der Waals surface area contributed by atoms with Gasteiger partial charge in [-0.15, -0.1) is 0 Å². The molecule has 25 heavy (non-hydrogen) atoms. The second-order valence-corrected chi connectivity index (χ2v) is 7.04. The summed E-state index contributed by atoms with van der Waals surface area (Å²) < 4.78 is 16.0. The smallest absolute Gasteiger partial charge is 0.155 e. The summed E-state index contributed by atoms with van der Waals surface area (Å²) in [6, 6.07) is 0. The van der Waals surface area contributed by atoms with Gasteiger partial charge in [0, 0.05) is 6.61 Å². The molecule has 0 aromatic carbocycles. The van der Waals surface area contributed by atoms with Crippen molar-refractivity contribution in [3.05, 3.63) is 0 Å². The highest BCUT2D eigenvalue weighted by Crippen LogP contribution is 2.11. The summed E-state index contributed by atoms with van der Waals surface area (Å²) in [5.41, 5.74) is 0. The van der Waals surface area contributed by atoms with E-state index in [1.807, 2.05) is 0 Å². The molecule has 0 atom stereocenters. The predicted octanol–water partition coefficient (Wildman–Crippen LogP) is 4.85. The van der Waals surface area contributed by atoms with E-state index >= 15 is 0 Å². The Balaban J connectivity index is 2.97. The molecule has 0 aliphatic rings. The highest BCUT2D eigenvalue weighted by molar-refractivity contribution is 7.80. The molecule has 0 radical (unpaired) electrons. The molecule has 0 aliphatic heterocycles. The first-order valence-electron chi connectivity index (χ1n) is 10.1. The zero-order valence-electron chi connectivity index (χ0n) is 16.3. The van der Waals surface area contributed by atoms with Crippen LogP contribution >= 0.6 is 12.6 Å². The minimum absolute atomic E-state index is 0.0447. The first-order chi connectivity index (χ1) is 12.3. The topological polar surface area (TPSA) is 44.8 Å². The lowest BCUT2D eigenvalue weighted by molar-refractivity contribution is -0.122. The Labute approximate surface area is 160 Å². The van der Waals surface area contributed by atoms with Crippen LogP contribution in [-0.4, -0.2) is 51.2 Å². The van der Waals surface area contributed by atoms with E-state index in [0.717, 1.165) is 18.8 Å². The number of hydrogen-bond donors (Lipinski definition) is 1. The number of carbonyl (C=O) groups is 1. The maximum absolute atomic E-state index is 10.6. The predicted molar refractivity (Wildman–Crippen MR) is 108 cm³/mol. The SMILES string of the molecule is CC(=O)COCCOCCOCCCCCCCCCCCCCS. The van der Waals surface area contributed by atoms with Crippen LogP contribution in [0.2, 0.25) is 0 Å². The van der Waals surface area contributed by atoms with Crippen LogP contribution in [0.5, 0.6) is 0 Å². The van der Waals surface area contributed by atoms with E-state index in [-0.39, 0.29) is 12.4 Å². The van der Waals surface area contributed by atoms with Gasteiger partial charge in [-0.2, -0.15) is 12.6 Å². The maximum atomic E-state index is 10.6. The molecule has 0 saturated heterocycles. The number of thiol groups is 1. The van der Waals surface area contributed by atoms with Crippen LogP contribution in [0.4, 0.5) is 0 Å². The van der Waals surface area contributed by atoms with Crippen molar-refractivity contribution in [2.45, 2.75) is 77.6 Å². The largest absolute Gasteiger partial charge is 0.379 e. The number of unbranched alkanes of at least 4 members (excludes halogenated alkanes) is 10. The van der Waals surface area contributed by atoms with E-state index in [4.69, 9.17) is 14.2 Å². The normalized spacial score (nSPS) is 11.1. The van der Waals surface area contributed by atoms with Gasteiger partial charge in [-0.05, 0) is 25.5 Å². The summed E-state index contributed by atoms with van der Waals surface area (Å²) in [4.78, 5) is 10.6. The third-order valence-corrected chi connectivity index (χ3v) is 4.31. The fourth-order valence-electron chi connectivity index (χ4n) is 2.56.